The number of carbonyl (C=O) groups excluding carboxylic acids is 3. The minimum atomic E-state index is -5.15. The molecule has 7 N–H and O–H groups in total. The van der Waals surface area contributed by atoms with E-state index < -0.39 is 106 Å². The second kappa shape index (κ2) is 69.5. The molecule has 0 unspecified atom stereocenters. The summed E-state index contributed by atoms with van der Waals surface area (Å²) in [6.07, 6.45) is 55.6. The number of aliphatic carboxylic acids is 1. The number of aliphatic hydroxyl groups is 1. The molecule has 9 atom stereocenters. The Hall–Kier alpha value is -2.25. The number of phosphoric ester groups is 1. The van der Waals surface area contributed by atoms with Gasteiger partial charge < -0.3 is 59.6 Å². The Bertz CT molecular complexity index is 1870. The summed E-state index contributed by atoms with van der Waals surface area (Å²) in [6.45, 7) is 12.7. The SMILES string of the molecule is CCCCCCCCCCC[C@H](CC(=O)N[C@@H]1[C@H](COP(=O)(O)O)[C@@H](CO)O[C@@H](OC[C@H](NC(=O)C[C@@H](CCCCCCCCCCC)OCCCCCCCCCC)C(=O)O)[C@@H]1NC(=O)C[C@@H](CCCCCCCCCCC)OCCCCCCCCCC)OCCCCCCCCCC. The van der Waals surface area contributed by atoms with Crippen LogP contribution in [-0.2, 0) is 52.0 Å². The van der Waals surface area contributed by atoms with Gasteiger partial charge in [-0.05, 0) is 38.5 Å². The van der Waals surface area contributed by atoms with Crippen molar-refractivity contribution < 1.29 is 72.0 Å². The fourth-order valence-electron chi connectivity index (χ4n) is 14.1. The van der Waals surface area contributed by atoms with Crippen LogP contribution in [0.4, 0.5) is 0 Å². The monoisotopic (exact) mass is 1460 g/mol. The molecule has 1 rings (SSSR count). The lowest BCUT2D eigenvalue weighted by molar-refractivity contribution is -0.243. The van der Waals surface area contributed by atoms with E-state index in [1.54, 1.807) is 0 Å². The predicted molar refractivity (Wildman–Crippen MR) is 413 cm³/mol. The average Bonchev–Trinajstić information content (AvgIpc) is 0.785. The van der Waals surface area contributed by atoms with Crippen molar-refractivity contribution >= 4 is 31.5 Å². The molecule has 0 bridgehead atoms. The number of carbonyl (C=O) groups is 4. The molecule has 1 saturated heterocycles. The predicted octanol–water partition coefficient (Wildman–Crippen LogP) is 20.5. The van der Waals surface area contributed by atoms with Gasteiger partial charge >= 0.3 is 13.8 Å². The highest BCUT2D eigenvalue weighted by atomic mass is 31.2. The molecule has 0 radical (unpaired) electrons. The number of amides is 3. The van der Waals surface area contributed by atoms with Crippen LogP contribution in [0.5, 0.6) is 0 Å². The zero-order valence-corrected chi connectivity index (χ0v) is 66.9. The van der Waals surface area contributed by atoms with E-state index in [4.69, 9.17) is 28.2 Å². The first-order valence-corrected chi connectivity index (χ1v) is 44.2. The number of hydrogen-bond donors (Lipinski definition) is 7. The molecule has 101 heavy (non-hydrogen) atoms. The number of carboxylic acid groups (broad SMARTS) is 1. The molecular weight excluding hydrogens is 1300 g/mol. The molecule has 1 aliphatic rings. The van der Waals surface area contributed by atoms with Crippen molar-refractivity contribution in [1.29, 1.82) is 0 Å². The van der Waals surface area contributed by atoms with Gasteiger partial charge in [0.2, 0.25) is 17.7 Å². The third-order valence-corrected chi connectivity index (χ3v) is 20.9. The summed E-state index contributed by atoms with van der Waals surface area (Å²) in [6, 6.07) is -4.17. The van der Waals surface area contributed by atoms with Gasteiger partial charge in [0, 0.05) is 25.7 Å². The summed E-state index contributed by atoms with van der Waals surface area (Å²) in [5, 5.41) is 30.8. The van der Waals surface area contributed by atoms with Crippen molar-refractivity contribution in [2.45, 2.75) is 456 Å². The van der Waals surface area contributed by atoms with Gasteiger partial charge in [-0.25, -0.2) is 9.36 Å². The molecule has 1 fully saturated rings. The van der Waals surface area contributed by atoms with E-state index in [2.05, 4.69) is 57.5 Å². The maximum atomic E-state index is 14.9. The Kier molecular flexibility index (Phi) is 66.6. The quantitative estimate of drug-likeness (QED) is 0.0221. The molecular formula is C82H160N3O15P. The van der Waals surface area contributed by atoms with Gasteiger partial charge in [-0.2, -0.15) is 0 Å². The highest BCUT2D eigenvalue weighted by Crippen LogP contribution is 2.39. The van der Waals surface area contributed by atoms with Crippen LogP contribution in [0.2, 0.25) is 0 Å². The lowest BCUT2D eigenvalue weighted by Crippen LogP contribution is -2.68. The number of rotatable bonds is 77. The molecule has 0 aromatic carbocycles. The first-order chi connectivity index (χ1) is 49.2. The van der Waals surface area contributed by atoms with Gasteiger partial charge in [-0.15, -0.1) is 0 Å². The van der Waals surface area contributed by atoms with Gasteiger partial charge in [-0.3, -0.25) is 18.9 Å². The molecule has 598 valence electrons. The van der Waals surface area contributed by atoms with Crippen LogP contribution in [0, 0.1) is 5.92 Å². The highest BCUT2D eigenvalue weighted by Gasteiger charge is 2.49. The van der Waals surface area contributed by atoms with Gasteiger partial charge in [0.05, 0.1) is 69.5 Å². The first kappa shape index (κ1) is 96.8. The number of aliphatic hydroxyl groups excluding tert-OH is 1. The van der Waals surface area contributed by atoms with Crippen LogP contribution in [0.3, 0.4) is 0 Å². The van der Waals surface area contributed by atoms with Gasteiger partial charge in [0.15, 0.2) is 12.3 Å². The third kappa shape index (κ3) is 57.6. The van der Waals surface area contributed by atoms with Gasteiger partial charge in [0.1, 0.15) is 6.04 Å². The minimum absolute atomic E-state index is 0.0529. The Morgan fingerprint density at radius 1 is 0.396 bits per heavy atom. The Morgan fingerprint density at radius 2 is 0.673 bits per heavy atom. The lowest BCUT2D eigenvalue weighted by atomic mass is 9.85. The largest absolute Gasteiger partial charge is 0.480 e. The van der Waals surface area contributed by atoms with Crippen molar-refractivity contribution in [1.82, 2.24) is 16.0 Å². The molecule has 0 aliphatic carbocycles. The Morgan fingerprint density at radius 3 is 0.960 bits per heavy atom. The standard InChI is InChI=1S/C82H160N3O15P/c1-7-13-19-25-31-37-40-46-52-58-70(95-61-55-49-43-34-28-22-16-10-4)64-76(87)83-74(81(90)91)69-98-82-80(85-78(89)66-72(60-54-48-42-39-33-27-21-15-9-3)97-63-57-51-45-36-30-24-18-12-6)79(73(75(67-86)100-82)68-99-101(92,93)94)84-77(88)65-71(59-53-47-41-38-32-26-20-14-8-2)96-62-56-50-44-35-29-23-17-11-5/h70-75,79-80,82,86H,7-69H2,1-6H3,(H,83,87)(H,84,88)(H,85,89)(H,90,91)(H2,92,93,94)/t70-,71-,72-,73-,74+,75-,79-,80-,82-/m1/s1. The normalized spacial score (nSPS) is 17.6. The summed E-state index contributed by atoms with van der Waals surface area (Å²) in [7, 11) is -5.15. The zero-order valence-electron chi connectivity index (χ0n) is 66.0. The summed E-state index contributed by atoms with van der Waals surface area (Å²) in [5.41, 5.74) is 0. The highest BCUT2D eigenvalue weighted by molar-refractivity contribution is 7.46. The zero-order chi connectivity index (χ0) is 73.9. The van der Waals surface area contributed by atoms with Gasteiger partial charge in [-0.1, -0.05) is 350 Å². The summed E-state index contributed by atoms with van der Waals surface area (Å²) < 4.78 is 50.2. The molecule has 1 aliphatic heterocycles. The molecule has 1 heterocycles. The minimum Gasteiger partial charge on any atom is -0.480 e. The molecule has 19 heteroatoms. The Labute approximate surface area is 618 Å². The average molecular weight is 1460 g/mol. The number of ether oxygens (including phenoxy) is 5. The molecule has 0 spiro atoms. The van der Waals surface area contributed by atoms with E-state index in [1.165, 1.54) is 199 Å². The summed E-state index contributed by atoms with van der Waals surface area (Å²) in [4.78, 5) is 77.5. The number of carboxylic acids is 1. The Balaban J connectivity index is 3.76. The van der Waals surface area contributed by atoms with Crippen molar-refractivity contribution in [3.8, 4) is 0 Å². The lowest BCUT2D eigenvalue weighted by Gasteiger charge is -2.47. The molecule has 0 aromatic heterocycles. The maximum absolute atomic E-state index is 14.9. The van der Waals surface area contributed by atoms with Gasteiger partial charge in [0.25, 0.3) is 0 Å². The van der Waals surface area contributed by atoms with E-state index in [-0.39, 0.29) is 19.3 Å². The number of phosphoric acid groups is 1. The van der Waals surface area contributed by atoms with Crippen LogP contribution in [0.1, 0.15) is 408 Å². The molecule has 3 amide bonds. The van der Waals surface area contributed by atoms with E-state index in [0.29, 0.717) is 39.1 Å². The fourth-order valence-corrected chi connectivity index (χ4v) is 14.4. The molecule has 18 nitrogen and oxygen atoms in total. The summed E-state index contributed by atoms with van der Waals surface area (Å²) in [5.74, 6) is -3.99. The first-order valence-electron chi connectivity index (χ1n) is 42.7. The van der Waals surface area contributed by atoms with Crippen molar-refractivity contribution in [3.05, 3.63) is 0 Å². The van der Waals surface area contributed by atoms with E-state index in [1.807, 2.05) is 0 Å². The second-order valence-electron chi connectivity index (χ2n) is 30.0. The van der Waals surface area contributed by atoms with E-state index in [0.717, 1.165) is 128 Å². The second-order valence-corrected chi connectivity index (χ2v) is 31.3. The van der Waals surface area contributed by atoms with Crippen LogP contribution in [0.15, 0.2) is 0 Å². The molecule has 0 aromatic rings. The van der Waals surface area contributed by atoms with Crippen LogP contribution in [0.25, 0.3) is 0 Å². The van der Waals surface area contributed by atoms with E-state index >= 15 is 0 Å². The topological polar surface area (TPSA) is 258 Å². The number of hydrogen-bond acceptors (Lipinski definition) is 12. The van der Waals surface area contributed by atoms with Crippen molar-refractivity contribution in [2.24, 2.45) is 5.92 Å². The van der Waals surface area contributed by atoms with E-state index in [9.17, 15) is 43.7 Å². The number of unbranched alkanes of at least 4 members (excludes halogenated alkanes) is 45. The third-order valence-electron chi connectivity index (χ3n) is 20.4. The van der Waals surface area contributed by atoms with Crippen molar-refractivity contribution in [3.63, 3.8) is 0 Å². The molecule has 0 saturated carbocycles. The number of nitrogens with one attached hydrogen (secondary N) is 3. The van der Waals surface area contributed by atoms with Crippen molar-refractivity contribution in [2.75, 3.05) is 39.6 Å². The maximum Gasteiger partial charge on any atom is 0.469 e. The smallest absolute Gasteiger partial charge is 0.469 e. The van der Waals surface area contributed by atoms with Crippen LogP contribution >= 0.6 is 7.82 Å². The van der Waals surface area contributed by atoms with Crippen LogP contribution < -0.4 is 16.0 Å². The summed E-state index contributed by atoms with van der Waals surface area (Å²) >= 11 is 0. The van der Waals surface area contributed by atoms with Crippen LogP contribution in [-0.4, -0.2) is 132 Å². The fraction of sp³-hybridized carbons (Fsp3) is 0.951.